The number of nitrogens with zero attached hydrogens (tertiary/aromatic N) is 1. The van der Waals surface area contributed by atoms with Crippen molar-refractivity contribution in [2.75, 3.05) is 7.11 Å². The summed E-state index contributed by atoms with van der Waals surface area (Å²) in [5.74, 6) is -1.70. The first-order chi connectivity index (χ1) is 15.5. The number of methoxy groups -OCH3 is 1. The van der Waals surface area contributed by atoms with Crippen molar-refractivity contribution in [3.8, 4) is 0 Å². The Morgan fingerprint density at radius 3 is 2.38 bits per heavy atom. The molecule has 0 radical (unpaired) electrons. The molecule has 4 rings (SSSR count). The van der Waals surface area contributed by atoms with Gasteiger partial charge in [-0.05, 0) is 36.6 Å². The molecule has 1 fully saturated rings. The summed E-state index contributed by atoms with van der Waals surface area (Å²) in [6, 6.07) is 12.8. The molecular formula is C25H26N2O5. The summed E-state index contributed by atoms with van der Waals surface area (Å²) in [6.45, 7) is 0. The molecule has 0 spiro atoms. The van der Waals surface area contributed by atoms with Gasteiger partial charge in [0.2, 0.25) is 0 Å². The lowest BCUT2D eigenvalue weighted by molar-refractivity contribution is -0.142. The Balaban J connectivity index is 1.53. The van der Waals surface area contributed by atoms with Crippen molar-refractivity contribution in [1.82, 2.24) is 10.2 Å². The fraction of sp³-hybridized carbons (Fsp3) is 0.360. The maximum atomic E-state index is 13.0. The van der Waals surface area contributed by atoms with Crippen molar-refractivity contribution in [3.63, 3.8) is 0 Å². The number of imide groups is 1. The van der Waals surface area contributed by atoms with Gasteiger partial charge in [0.05, 0.1) is 18.2 Å². The lowest BCUT2D eigenvalue weighted by atomic mass is 9.94. The van der Waals surface area contributed by atoms with Crippen LogP contribution in [0.1, 0.15) is 68.7 Å². The predicted octanol–water partition coefficient (Wildman–Crippen LogP) is 3.13. The minimum Gasteiger partial charge on any atom is -0.467 e. The molecule has 2 aliphatic rings. The van der Waals surface area contributed by atoms with Gasteiger partial charge in [0.1, 0.15) is 6.04 Å². The van der Waals surface area contributed by atoms with Crippen LogP contribution >= 0.6 is 0 Å². The topological polar surface area (TPSA) is 92.8 Å². The van der Waals surface area contributed by atoms with Crippen molar-refractivity contribution < 1.29 is 23.9 Å². The molecule has 32 heavy (non-hydrogen) atoms. The third-order valence-electron chi connectivity index (χ3n) is 6.19. The largest absolute Gasteiger partial charge is 0.467 e. The van der Waals surface area contributed by atoms with Crippen LogP contribution < -0.4 is 5.32 Å². The van der Waals surface area contributed by atoms with E-state index in [1.165, 1.54) is 30.2 Å². The Morgan fingerprint density at radius 1 is 1.00 bits per heavy atom. The van der Waals surface area contributed by atoms with Crippen LogP contribution in [0, 0.1) is 0 Å². The number of ether oxygens (including phenoxy) is 1. The number of amides is 3. The van der Waals surface area contributed by atoms with Gasteiger partial charge in [0.15, 0.2) is 0 Å². The Kier molecular flexibility index (Phi) is 6.35. The summed E-state index contributed by atoms with van der Waals surface area (Å²) in [5, 5.41) is 2.70. The van der Waals surface area contributed by atoms with E-state index in [-0.39, 0.29) is 35.4 Å². The fourth-order valence-electron chi connectivity index (χ4n) is 4.50. The van der Waals surface area contributed by atoms with E-state index in [2.05, 4.69) is 5.32 Å². The number of carbonyl (C=O) groups excluding carboxylic acids is 4. The Bertz CT molecular complexity index is 1040. The minimum atomic E-state index is -0.876. The molecule has 2 aromatic carbocycles. The summed E-state index contributed by atoms with van der Waals surface area (Å²) in [7, 11) is 1.27. The average Bonchev–Trinajstić information content (AvgIpc) is 3.08. The van der Waals surface area contributed by atoms with Crippen LogP contribution in [0.2, 0.25) is 0 Å². The smallest absolute Gasteiger partial charge is 0.328 e. The van der Waals surface area contributed by atoms with Gasteiger partial charge in [-0.2, -0.15) is 0 Å². The molecule has 1 aliphatic heterocycles. The molecule has 1 unspecified atom stereocenters. The van der Waals surface area contributed by atoms with E-state index in [1.54, 1.807) is 0 Å². The molecule has 0 saturated heterocycles. The number of rotatable bonds is 6. The minimum absolute atomic E-state index is 0.0806. The first kappa shape index (κ1) is 21.7. The van der Waals surface area contributed by atoms with Crippen LogP contribution in [0.3, 0.4) is 0 Å². The highest BCUT2D eigenvalue weighted by Gasteiger charge is 2.40. The molecule has 7 heteroatoms. The molecule has 1 heterocycles. The SMILES string of the molecule is COC(=O)C(Cc1ccccc1)NC(=O)c1ccc2c(c1)C(=O)N(C1CCCCC1)C2=O. The quantitative estimate of drug-likeness (QED) is 0.557. The van der Waals surface area contributed by atoms with Gasteiger partial charge in [-0.1, -0.05) is 49.6 Å². The number of carbonyl (C=O) groups is 4. The Hall–Kier alpha value is -3.48. The highest BCUT2D eigenvalue weighted by Crippen LogP contribution is 2.31. The van der Waals surface area contributed by atoms with Crippen molar-refractivity contribution in [3.05, 3.63) is 70.8 Å². The van der Waals surface area contributed by atoms with Crippen molar-refractivity contribution in [1.29, 1.82) is 0 Å². The maximum Gasteiger partial charge on any atom is 0.328 e. The second-order valence-electron chi connectivity index (χ2n) is 8.27. The Labute approximate surface area is 186 Å². The van der Waals surface area contributed by atoms with E-state index in [1.807, 2.05) is 30.3 Å². The van der Waals surface area contributed by atoms with Gasteiger partial charge >= 0.3 is 5.97 Å². The second-order valence-corrected chi connectivity index (χ2v) is 8.27. The van der Waals surface area contributed by atoms with Crippen molar-refractivity contribution in [2.45, 2.75) is 50.6 Å². The molecule has 3 amide bonds. The number of hydrogen-bond acceptors (Lipinski definition) is 5. The lowest BCUT2D eigenvalue weighted by Gasteiger charge is -2.29. The first-order valence-electron chi connectivity index (χ1n) is 10.9. The number of nitrogens with one attached hydrogen (secondary N) is 1. The van der Waals surface area contributed by atoms with Crippen LogP contribution in [-0.2, 0) is 16.0 Å². The molecule has 7 nitrogen and oxygen atoms in total. The molecular weight excluding hydrogens is 408 g/mol. The molecule has 1 atom stereocenters. The zero-order chi connectivity index (χ0) is 22.7. The predicted molar refractivity (Wildman–Crippen MR) is 117 cm³/mol. The van der Waals surface area contributed by atoms with Crippen LogP contribution in [0.4, 0.5) is 0 Å². The van der Waals surface area contributed by atoms with Crippen LogP contribution in [-0.4, -0.2) is 47.8 Å². The molecule has 1 N–H and O–H groups in total. The summed E-state index contributed by atoms with van der Waals surface area (Å²) in [6.07, 6.45) is 5.04. The summed E-state index contributed by atoms with van der Waals surface area (Å²) < 4.78 is 4.85. The number of fused-ring (bicyclic) bond motifs is 1. The van der Waals surface area contributed by atoms with Crippen LogP contribution in [0.5, 0.6) is 0 Å². The van der Waals surface area contributed by atoms with E-state index in [0.717, 1.165) is 37.7 Å². The van der Waals surface area contributed by atoms with E-state index >= 15 is 0 Å². The lowest BCUT2D eigenvalue weighted by Crippen LogP contribution is -2.43. The van der Waals surface area contributed by atoms with Gasteiger partial charge < -0.3 is 10.1 Å². The van der Waals surface area contributed by atoms with Gasteiger partial charge in [0, 0.05) is 18.0 Å². The van der Waals surface area contributed by atoms with Gasteiger partial charge in [-0.3, -0.25) is 19.3 Å². The van der Waals surface area contributed by atoms with Crippen molar-refractivity contribution >= 4 is 23.7 Å². The van der Waals surface area contributed by atoms with Crippen LogP contribution in [0.25, 0.3) is 0 Å². The summed E-state index contributed by atoms with van der Waals surface area (Å²) >= 11 is 0. The first-order valence-corrected chi connectivity index (χ1v) is 10.9. The zero-order valence-electron chi connectivity index (χ0n) is 18.0. The average molecular weight is 434 g/mol. The third-order valence-corrected chi connectivity index (χ3v) is 6.19. The van der Waals surface area contributed by atoms with Crippen molar-refractivity contribution in [2.24, 2.45) is 0 Å². The van der Waals surface area contributed by atoms with E-state index < -0.39 is 17.9 Å². The monoisotopic (exact) mass is 434 g/mol. The standard InChI is InChI=1S/C25H26N2O5/c1-32-25(31)21(14-16-8-4-2-5-9-16)26-22(28)17-12-13-19-20(15-17)24(30)27(23(19)29)18-10-6-3-7-11-18/h2,4-5,8-9,12-13,15,18,21H,3,6-7,10-11,14H2,1H3,(H,26,28). The number of hydrogen-bond donors (Lipinski definition) is 1. The van der Waals surface area contributed by atoms with Crippen LogP contribution in [0.15, 0.2) is 48.5 Å². The number of benzene rings is 2. The molecule has 2 aromatic rings. The summed E-state index contributed by atoms with van der Waals surface area (Å²) in [4.78, 5) is 52.3. The Morgan fingerprint density at radius 2 is 1.69 bits per heavy atom. The molecule has 1 saturated carbocycles. The maximum absolute atomic E-state index is 13.0. The molecule has 0 bridgehead atoms. The van der Waals surface area contributed by atoms with Gasteiger partial charge in [-0.15, -0.1) is 0 Å². The highest BCUT2D eigenvalue weighted by molar-refractivity contribution is 6.22. The second kappa shape index (κ2) is 9.34. The molecule has 166 valence electrons. The normalized spacial score (nSPS) is 17.1. The van der Waals surface area contributed by atoms with Gasteiger partial charge in [-0.25, -0.2) is 4.79 Å². The highest BCUT2D eigenvalue weighted by atomic mass is 16.5. The molecule has 0 aromatic heterocycles. The summed E-state index contributed by atoms with van der Waals surface area (Å²) in [5.41, 5.74) is 1.66. The van der Waals surface area contributed by atoms with E-state index in [4.69, 9.17) is 4.74 Å². The van der Waals surface area contributed by atoms with Gasteiger partial charge in [0.25, 0.3) is 17.7 Å². The third kappa shape index (κ3) is 4.28. The van der Waals surface area contributed by atoms with E-state index in [0.29, 0.717) is 5.56 Å². The zero-order valence-corrected chi connectivity index (χ0v) is 18.0. The fourth-order valence-corrected chi connectivity index (χ4v) is 4.50. The van der Waals surface area contributed by atoms with E-state index in [9.17, 15) is 19.2 Å². The number of esters is 1. The molecule has 1 aliphatic carbocycles.